The lowest BCUT2D eigenvalue weighted by molar-refractivity contribution is -0.145. The van der Waals surface area contributed by atoms with E-state index in [4.69, 9.17) is 0 Å². The molecule has 0 radical (unpaired) electrons. The Morgan fingerprint density at radius 2 is 1.36 bits per heavy atom. The van der Waals surface area contributed by atoms with Crippen LogP contribution in [0.5, 0.6) is 0 Å². The van der Waals surface area contributed by atoms with E-state index >= 15 is 0 Å². The highest BCUT2D eigenvalue weighted by atomic mass is 16.2. The number of carbonyl (C=O) groups excluding carboxylic acids is 2. The highest BCUT2D eigenvalue weighted by Gasteiger charge is 2.45. The van der Waals surface area contributed by atoms with Crippen LogP contribution in [0.3, 0.4) is 0 Å². The molecule has 0 unspecified atom stereocenters. The molecule has 2 amide bonds. The second-order valence-corrected chi connectivity index (χ2v) is 3.80. The number of nitrogens with one attached hydrogen (secondary N) is 2. The Morgan fingerprint density at radius 3 is 1.71 bits per heavy atom. The molecule has 0 heterocycles. The molecule has 4 nitrogen and oxygen atoms in total. The van der Waals surface area contributed by atoms with Gasteiger partial charge in [0.2, 0.25) is 11.8 Å². The van der Waals surface area contributed by atoms with E-state index in [1.807, 2.05) is 0 Å². The topological polar surface area (TPSA) is 58.2 Å². The summed E-state index contributed by atoms with van der Waals surface area (Å²) >= 11 is 0. The summed E-state index contributed by atoms with van der Waals surface area (Å²) in [6.45, 7) is 0. The van der Waals surface area contributed by atoms with Crippen LogP contribution in [-0.4, -0.2) is 25.9 Å². The fourth-order valence-corrected chi connectivity index (χ4v) is 2.19. The summed E-state index contributed by atoms with van der Waals surface area (Å²) < 4.78 is 0. The van der Waals surface area contributed by atoms with Crippen molar-refractivity contribution in [3.63, 3.8) is 0 Å². The maximum Gasteiger partial charge on any atom is 0.235 e. The van der Waals surface area contributed by atoms with Crippen molar-refractivity contribution >= 4 is 11.8 Å². The lowest BCUT2D eigenvalue weighted by atomic mass is 9.72. The molecule has 1 saturated carbocycles. The summed E-state index contributed by atoms with van der Waals surface area (Å²) in [5.41, 5.74) is -0.804. The molecule has 0 aromatic carbocycles. The third-order valence-electron chi connectivity index (χ3n) is 3.03. The van der Waals surface area contributed by atoms with Crippen LogP contribution in [0.4, 0.5) is 0 Å². The normalized spacial score (nSPS) is 19.9. The summed E-state index contributed by atoms with van der Waals surface area (Å²) in [6, 6.07) is 0. The zero-order chi connectivity index (χ0) is 10.6. The van der Waals surface area contributed by atoms with Gasteiger partial charge in [-0.2, -0.15) is 0 Å². The second kappa shape index (κ2) is 4.44. The van der Waals surface area contributed by atoms with E-state index in [2.05, 4.69) is 10.6 Å². The van der Waals surface area contributed by atoms with Crippen LogP contribution in [0.2, 0.25) is 0 Å². The summed E-state index contributed by atoms with van der Waals surface area (Å²) in [5.74, 6) is -0.284. The Kier molecular flexibility index (Phi) is 3.49. The molecule has 0 aliphatic heterocycles. The Hall–Kier alpha value is -1.06. The first kappa shape index (κ1) is 11.0. The van der Waals surface area contributed by atoms with E-state index in [1.165, 1.54) is 0 Å². The Balaban J connectivity index is 2.87. The molecule has 0 aromatic heterocycles. The van der Waals surface area contributed by atoms with Gasteiger partial charge in [-0.3, -0.25) is 9.59 Å². The Morgan fingerprint density at radius 1 is 0.929 bits per heavy atom. The van der Waals surface area contributed by atoms with Crippen LogP contribution >= 0.6 is 0 Å². The van der Waals surface area contributed by atoms with Gasteiger partial charge in [0.25, 0.3) is 0 Å². The lowest BCUT2D eigenvalue weighted by Crippen LogP contribution is -2.50. The van der Waals surface area contributed by atoms with Gasteiger partial charge >= 0.3 is 0 Å². The molecule has 80 valence electrons. The van der Waals surface area contributed by atoms with Crippen molar-refractivity contribution < 1.29 is 9.59 Å². The standard InChI is InChI=1S/C10H18N2O2/c1-11-8(13)10(9(14)12-2)6-4-3-5-7-10/h3-7H2,1-2H3,(H,11,13)(H,12,14). The van der Waals surface area contributed by atoms with Gasteiger partial charge in [-0.05, 0) is 12.8 Å². The zero-order valence-electron chi connectivity index (χ0n) is 8.85. The first-order chi connectivity index (χ1) is 6.67. The van der Waals surface area contributed by atoms with Gasteiger partial charge in [0, 0.05) is 14.1 Å². The van der Waals surface area contributed by atoms with Gasteiger partial charge < -0.3 is 10.6 Å². The molecule has 14 heavy (non-hydrogen) atoms. The van der Waals surface area contributed by atoms with Gasteiger partial charge in [0.1, 0.15) is 5.41 Å². The predicted octanol–water partition coefficient (Wildman–Crippen LogP) is 0.429. The van der Waals surface area contributed by atoms with Gasteiger partial charge in [-0.25, -0.2) is 0 Å². The number of carbonyl (C=O) groups is 2. The zero-order valence-corrected chi connectivity index (χ0v) is 8.85. The smallest absolute Gasteiger partial charge is 0.235 e. The van der Waals surface area contributed by atoms with Crippen molar-refractivity contribution in [2.45, 2.75) is 32.1 Å². The van der Waals surface area contributed by atoms with E-state index in [0.29, 0.717) is 12.8 Å². The van der Waals surface area contributed by atoms with Crippen LogP contribution in [0.1, 0.15) is 32.1 Å². The van der Waals surface area contributed by atoms with Gasteiger partial charge in [-0.1, -0.05) is 19.3 Å². The summed E-state index contributed by atoms with van der Waals surface area (Å²) in [4.78, 5) is 23.4. The summed E-state index contributed by atoms with van der Waals surface area (Å²) in [5, 5.41) is 5.18. The van der Waals surface area contributed by atoms with Crippen molar-refractivity contribution in [2.24, 2.45) is 5.41 Å². The largest absolute Gasteiger partial charge is 0.358 e. The maximum absolute atomic E-state index is 11.7. The van der Waals surface area contributed by atoms with E-state index in [1.54, 1.807) is 14.1 Å². The quantitative estimate of drug-likeness (QED) is 0.632. The van der Waals surface area contributed by atoms with Gasteiger partial charge in [0.15, 0.2) is 0 Å². The minimum Gasteiger partial charge on any atom is -0.358 e. The molecule has 0 saturated heterocycles. The fraction of sp³-hybridized carbons (Fsp3) is 0.800. The van der Waals surface area contributed by atoms with Crippen molar-refractivity contribution in [3.05, 3.63) is 0 Å². The molecule has 2 N–H and O–H groups in total. The van der Waals surface area contributed by atoms with Crippen molar-refractivity contribution in [1.29, 1.82) is 0 Å². The Labute approximate surface area is 84.4 Å². The molecule has 1 rings (SSSR count). The molecule has 0 aromatic rings. The van der Waals surface area contributed by atoms with Crippen molar-refractivity contribution in [3.8, 4) is 0 Å². The minimum absolute atomic E-state index is 0.142. The average molecular weight is 198 g/mol. The average Bonchev–Trinajstić information content (AvgIpc) is 2.27. The molecule has 1 fully saturated rings. The first-order valence-electron chi connectivity index (χ1n) is 5.12. The SMILES string of the molecule is CNC(=O)C1(C(=O)NC)CCCCC1. The first-order valence-corrected chi connectivity index (χ1v) is 5.12. The predicted molar refractivity (Wildman–Crippen MR) is 53.7 cm³/mol. The van der Waals surface area contributed by atoms with Gasteiger partial charge in [0.05, 0.1) is 0 Å². The molecule has 0 spiro atoms. The van der Waals surface area contributed by atoms with Crippen molar-refractivity contribution in [1.82, 2.24) is 10.6 Å². The number of rotatable bonds is 2. The van der Waals surface area contributed by atoms with E-state index in [-0.39, 0.29) is 11.8 Å². The molecule has 0 bridgehead atoms. The van der Waals surface area contributed by atoms with E-state index < -0.39 is 5.41 Å². The Bertz CT molecular complexity index is 214. The fourth-order valence-electron chi connectivity index (χ4n) is 2.19. The van der Waals surface area contributed by atoms with Crippen LogP contribution in [0.15, 0.2) is 0 Å². The van der Waals surface area contributed by atoms with E-state index in [0.717, 1.165) is 19.3 Å². The molecular formula is C10H18N2O2. The van der Waals surface area contributed by atoms with Crippen LogP contribution < -0.4 is 10.6 Å². The van der Waals surface area contributed by atoms with Gasteiger partial charge in [-0.15, -0.1) is 0 Å². The monoisotopic (exact) mass is 198 g/mol. The highest BCUT2D eigenvalue weighted by molar-refractivity contribution is 6.04. The number of amides is 2. The molecule has 4 heteroatoms. The van der Waals surface area contributed by atoms with E-state index in [9.17, 15) is 9.59 Å². The summed E-state index contributed by atoms with van der Waals surface area (Å²) in [6.07, 6.45) is 4.39. The highest BCUT2D eigenvalue weighted by Crippen LogP contribution is 2.36. The minimum atomic E-state index is -0.804. The maximum atomic E-state index is 11.7. The second-order valence-electron chi connectivity index (χ2n) is 3.80. The third-order valence-corrected chi connectivity index (χ3v) is 3.03. The van der Waals surface area contributed by atoms with Crippen LogP contribution in [0.25, 0.3) is 0 Å². The van der Waals surface area contributed by atoms with Crippen LogP contribution in [0, 0.1) is 5.41 Å². The number of hydrogen-bond donors (Lipinski definition) is 2. The molecule has 1 aliphatic carbocycles. The molecular weight excluding hydrogens is 180 g/mol. The molecule has 0 atom stereocenters. The third kappa shape index (κ3) is 1.74. The van der Waals surface area contributed by atoms with Crippen LogP contribution in [-0.2, 0) is 9.59 Å². The number of hydrogen-bond acceptors (Lipinski definition) is 2. The lowest BCUT2D eigenvalue weighted by Gasteiger charge is -2.33. The molecule has 1 aliphatic rings. The summed E-state index contributed by atoms with van der Waals surface area (Å²) in [7, 11) is 3.17. The van der Waals surface area contributed by atoms with Crippen molar-refractivity contribution in [2.75, 3.05) is 14.1 Å².